The molecule has 3 nitrogen and oxygen atoms in total. The van der Waals surface area contributed by atoms with Crippen molar-refractivity contribution in [3.05, 3.63) is 65.2 Å². The minimum absolute atomic E-state index is 0.204. The summed E-state index contributed by atoms with van der Waals surface area (Å²) in [5.41, 5.74) is 0.502. The van der Waals surface area contributed by atoms with Gasteiger partial charge in [-0.2, -0.15) is 0 Å². The van der Waals surface area contributed by atoms with Crippen LogP contribution >= 0.6 is 0 Å². The van der Waals surface area contributed by atoms with Gasteiger partial charge in [0.15, 0.2) is 0 Å². The first-order valence-electron chi connectivity index (χ1n) is 6.55. The number of rotatable bonds is 5. The van der Waals surface area contributed by atoms with Crippen molar-refractivity contribution in [3.8, 4) is 5.75 Å². The summed E-state index contributed by atoms with van der Waals surface area (Å²) in [6.07, 6.45) is 0. The molecule has 0 saturated heterocycles. The molecule has 0 atom stereocenters. The van der Waals surface area contributed by atoms with E-state index in [-0.39, 0.29) is 12.1 Å². The average molecular weight is 291 g/mol. The van der Waals surface area contributed by atoms with Crippen molar-refractivity contribution in [2.75, 3.05) is 6.61 Å². The smallest absolute Gasteiger partial charge is 0.254 e. The molecule has 2 aromatic carbocycles. The zero-order valence-electron chi connectivity index (χ0n) is 11.5. The van der Waals surface area contributed by atoms with Crippen molar-refractivity contribution < 1.29 is 18.3 Å². The lowest BCUT2D eigenvalue weighted by atomic mass is 10.1. The van der Waals surface area contributed by atoms with Crippen LogP contribution in [0.4, 0.5) is 8.78 Å². The predicted molar refractivity (Wildman–Crippen MR) is 75.1 cm³/mol. The van der Waals surface area contributed by atoms with Gasteiger partial charge in [-0.15, -0.1) is 0 Å². The molecule has 0 spiro atoms. The van der Waals surface area contributed by atoms with E-state index < -0.39 is 17.5 Å². The van der Waals surface area contributed by atoms with Crippen molar-refractivity contribution in [1.82, 2.24) is 5.32 Å². The molecule has 0 aliphatic rings. The highest BCUT2D eigenvalue weighted by atomic mass is 19.1. The fourth-order valence-corrected chi connectivity index (χ4v) is 1.86. The van der Waals surface area contributed by atoms with Gasteiger partial charge in [0.1, 0.15) is 17.4 Å². The zero-order chi connectivity index (χ0) is 15.2. The van der Waals surface area contributed by atoms with Gasteiger partial charge >= 0.3 is 0 Å². The zero-order valence-corrected chi connectivity index (χ0v) is 11.5. The molecule has 0 radical (unpaired) electrons. The maximum absolute atomic E-state index is 13.5. The van der Waals surface area contributed by atoms with Crippen molar-refractivity contribution in [2.24, 2.45) is 0 Å². The van der Waals surface area contributed by atoms with Gasteiger partial charge in [0.05, 0.1) is 12.2 Å². The van der Waals surface area contributed by atoms with Crippen LogP contribution in [-0.4, -0.2) is 12.5 Å². The van der Waals surface area contributed by atoms with Crippen LogP contribution in [0.1, 0.15) is 22.8 Å². The molecule has 1 amide bonds. The lowest BCUT2D eigenvalue weighted by Crippen LogP contribution is -2.24. The first kappa shape index (κ1) is 15.0. The van der Waals surface area contributed by atoms with Gasteiger partial charge in [-0.05, 0) is 42.8 Å². The Hall–Kier alpha value is -2.43. The minimum Gasteiger partial charge on any atom is -0.494 e. The predicted octanol–water partition coefficient (Wildman–Crippen LogP) is 3.29. The fraction of sp³-hybridized carbons (Fsp3) is 0.188. The summed E-state index contributed by atoms with van der Waals surface area (Å²) in [5, 5.41) is 2.55. The Labute approximate surface area is 121 Å². The third-order valence-electron chi connectivity index (χ3n) is 2.84. The SMILES string of the molecule is CCOc1cccc(CNC(=O)c2cc(F)ccc2F)c1. The third kappa shape index (κ3) is 4.02. The Balaban J connectivity index is 2.04. The van der Waals surface area contributed by atoms with E-state index in [1.807, 2.05) is 13.0 Å². The van der Waals surface area contributed by atoms with Crippen LogP contribution in [0.3, 0.4) is 0 Å². The summed E-state index contributed by atoms with van der Waals surface area (Å²) in [7, 11) is 0. The number of amides is 1. The third-order valence-corrected chi connectivity index (χ3v) is 2.84. The second kappa shape index (κ2) is 6.83. The van der Waals surface area contributed by atoms with Crippen molar-refractivity contribution >= 4 is 5.91 Å². The number of hydrogen-bond acceptors (Lipinski definition) is 2. The second-order valence-corrected chi connectivity index (χ2v) is 4.39. The minimum atomic E-state index is -0.753. The first-order chi connectivity index (χ1) is 10.1. The quantitative estimate of drug-likeness (QED) is 0.918. The van der Waals surface area contributed by atoms with Crippen LogP contribution in [-0.2, 0) is 6.54 Å². The van der Waals surface area contributed by atoms with E-state index in [1.165, 1.54) is 0 Å². The molecule has 0 fully saturated rings. The summed E-state index contributed by atoms with van der Waals surface area (Å²) in [5.74, 6) is -1.37. The van der Waals surface area contributed by atoms with E-state index in [1.54, 1.807) is 18.2 Å². The molecule has 21 heavy (non-hydrogen) atoms. The van der Waals surface area contributed by atoms with E-state index in [2.05, 4.69) is 5.32 Å². The standard InChI is InChI=1S/C16H15F2NO2/c1-2-21-13-5-3-4-11(8-13)10-19-16(20)14-9-12(17)6-7-15(14)18/h3-9H,2,10H2,1H3,(H,19,20). The highest BCUT2D eigenvalue weighted by Crippen LogP contribution is 2.14. The number of carbonyl (C=O) groups excluding carboxylic acids is 1. The number of ether oxygens (including phenoxy) is 1. The molecular formula is C16H15F2NO2. The fourth-order valence-electron chi connectivity index (χ4n) is 1.86. The molecule has 0 saturated carbocycles. The maximum Gasteiger partial charge on any atom is 0.254 e. The Kier molecular flexibility index (Phi) is 4.87. The van der Waals surface area contributed by atoms with E-state index >= 15 is 0 Å². The molecular weight excluding hydrogens is 276 g/mol. The number of nitrogens with one attached hydrogen (secondary N) is 1. The number of hydrogen-bond donors (Lipinski definition) is 1. The van der Waals surface area contributed by atoms with Gasteiger partial charge in [-0.1, -0.05) is 12.1 Å². The topological polar surface area (TPSA) is 38.3 Å². The molecule has 0 aromatic heterocycles. The lowest BCUT2D eigenvalue weighted by Gasteiger charge is -2.08. The Morgan fingerprint density at radius 2 is 2.00 bits per heavy atom. The van der Waals surface area contributed by atoms with Crippen LogP contribution in [0.2, 0.25) is 0 Å². The molecule has 2 rings (SSSR count). The molecule has 0 heterocycles. The van der Waals surface area contributed by atoms with E-state index in [9.17, 15) is 13.6 Å². The number of carbonyl (C=O) groups is 1. The molecule has 2 aromatic rings. The summed E-state index contributed by atoms with van der Waals surface area (Å²) >= 11 is 0. The normalized spacial score (nSPS) is 10.2. The van der Waals surface area contributed by atoms with E-state index in [0.717, 1.165) is 23.8 Å². The Morgan fingerprint density at radius 1 is 1.19 bits per heavy atom. The average Bonchev–Trinajstić information content (AvgIpc) is 2.48. The van der Waals surface area contributed by atoms with Gasteiger partial charge in [0, 0.05) is 6.54 Å². The first-order valence-corrected chi connectivity index (χ1v) is 6.55. The second-order valence-electron chi connectivity index (χ2n) is 4.39. The van der Waals surface area contributed by atoms with E-state index in [4.69, 9.17) is 4.74 Å². The van der Waals surface area contributed by atoms with Crippen LogP contribution in [0, 0.1) is 11.6 Å². The largest absolute Gasteiger partial charge is 0.494 e. The Morgan fingerprint density at radius 3 is 2.76 bits per heavy atom. The Bertz CT molecular complexity index is 644. The highest BCUT2D eigenvalue weighted by Gasteiger charge is 2.12. The molecule has 5 heteroatoms. The van der Waals surface area contributed by atoms with Crippen molar-refractivity contribution in [2.45, 2.75) is 13.5 Å². The van der Waals surface area contributed by atoms with Crippen LogP contribution in [0.5, 0.6) is 5.75 Å². The van der Waals surface area contributed by atoms with Gasteiger partial charge in [0.25, 0.3) is 5.91 Å². The van der Waals surface area contributed by atoms with Crippen molar-refractivity contribution in [3.63, 3.8) is 0 Å². The summed E-state index contributed by atoms with van der Waals surface area (Å²) in [6, 6.07) is 9.98. The molecule has 1 N–H and O–H groups in total. The number of benzene rings is 2. The molecule has 110 valence electrons. The summed E-state index contributed by atoms with van der Waals surface area (Å²) in [4.78, 5) is 11.9. The van der Waals surface area contributed by atoms with Gasteiger partial charge in [-0.3, -0.25) is 4.79 Å². The summed E-state index contributed by atoms with van der Waals surface area (Å²) in [6.45, 7) is 2.63. The maximum atomic E-state index is 13.5. The lowest BCUT2D eigenvalue weighted by molar-refractivity contribution is 0.0946. The van der Waals surface area contributed by atoms with Crippen LogP contribution in [0.25, 0.3) is 0 Å². The molecule has 0 unspecified atom stereocenters. The van der Waals surface area contributed by atoms with Crippen molar-refractivity contribution in [1.29, 1.82) is 0 Å². The monoisotopic (exact) mass is 291 g/mol. The molecule has 0 aliphatic carbocycles. The molecule has 0 aliphatic heterocycles. The van der Waals surface area contributed by atoms with E-state index in [0.29, 0.717) is 12.4 Å². The van der Waals surface area contributed by atoms with Crippen LogP contribution in [0.15, 0.2) is 42.5 Å². The van der Waals surface area contributed by atoms with Gasteiger partial charge < -0.3 is 10.1 Å². The van der Waals surface area contributed by atoms with Gasteiger partial charge in [0.2, 0.25) is 0 Å². The summed E-state index contributed by atoms with van der Waals surface area (Å²) < 4.78 is 31.9. The van der Waals surface area contributed by atoms with Gasteiger partial charge in [-0.25, -0.2) is 8.78 Å². The highest BCUT2D eigenvalue weighted by molar-refractivity contribution is 5.94. The molecule has 0 bridgehead atoms. The van der Waals surface area contributed by atoms with Crippen LogP contribution < -0.4 is 10.1 Å². The number of halogens is 2.